The van der Waals surface area contributed by atoms with Crippen LogP contribution < -0.4 is 0 Å². The molecule has 0 radical (unpaired) electrons. The Labute approximate surface area is 98.7 Å². The Hall–Kier alpha value is -2.41. The number of nitro groups is 1. The zero-order valence-electron chi connectivity index (χ0n) is 9.09. The van der Waals surface area contributed by atoms with E-state index in [1.807, 2.05) is 24.3 Å². The van der Waals surface area contributed by atoms with Crippen LogP contribution in [0.2, 0.25) is 0 Å². The molecule has 4 heteroatoms. The summed E-state index contributed by atoms with van der Waals surface area (Å²) >= 11 is 0. The molecule has 0 aromatic heterocycles. The molecule has 0 fully saturated rings. The van der Waals surface area contributed by atoms with Crippen LogP contribution in [-0.2, 0) is 0 Å². The molecule has 0 atom stereocenters. The van der Waals surface area contributed by atoms with E-state index in [-0.39, 0.29) is 12.1 Å². The summed E-state index contributed by atoms with van der Waals surface area (Å²) in [6, 6.07) is 1.97. The Kier molecular flexibility index (Phi) is 3.01. The van der Waals surface area contributed by atoms with Crippen LogP contribution in [0, 0.1) is 21.4 Å². The van der Waals surface area contributed by atoms with Gasteiger partial charge in [0.15, 0.2) is 0 Å². The minimum Gasteiger partial charge on any atom is -0.258 e. The molecule has 2 rings (SSSR count). The van der Waals surface area contributed by atoms with Gasteiger partial charge in [-0.05, 0) is 5.57 Å². The molecule has 0 spiro atoms. The minimum atomic E-state index is -0.398. The van der Waals surface area contributed by atoms with Gasteiger partial charge in [0.2, 0.25) is 0 Å². The van der Waals surface area contributed by atoms with Crippen molar-refractivity contribution in [1.29, 1.82) is 5.26 Å². The van der Waals surface area contributed by atoms with Crippen molar-refractivity contribution in [3.05, 3.63) is 69.0 Å². The van der Waals surface area contributed by atoms with Crippen molar-refractivity contribution in [1.82, 2.24) is 0 Å². The monoisotopic (exact) mass is 226 g/mol. The molecule has 0 N–H and O–H groups in total. The third-order valence-electron chi connectivity index (χ3n) is 2.67. The second kappa shape index (κ2) is 4.62. The second-order valence-corrected chi connectivity index (χ2v) is 3.79. The Morgan fingerprint density at radius 2 is 2.12 bits per heavy atom. The van der Waals surface area contributed by atoms with Crippen LogP contribution >= 0.6 is 0 Å². The predicted octanol–water partition coefficient (Wildman–Crippen LogP) is 2.81. The van der Waals surface area contributed by atoms with Crippen LogP contribution in [0.25, 0.3) is 0 Å². The maximum Gasteiger partial charge on any atom is 0.277 e. The molecule has 0 aromatic rings. The lowest BCUT2D eigenvalue weighted by Crippen LogP contribution is -2.05. The first-order valence-electron chi connectivity index (χ1n) is 5.21. The molecular formula is C13H10N2O2. The van der Waals surface area contributed by atoms with Gasteiger partial charge < -0.3 is 0 Å². The number of rotatable bonds is 2. The van der Waals surface area contributed by atoms with E-state index in [0.717, 1.165) is 5.57 Å². The van der Waals surface area contributed by atoms with Crippen LogP contribution in [0.5, 0.6) is 0 Å². The van der Waals surface area contributed by atoms with Gasteiger partial charge in [-0.2, -0.15) is 5.26 Å². The molecule has 0 amide bonds. The topological polar surface area (TPSA) is 66.9 Å². The van der Waals surface area contributed by atoms with Gasteiger partial charge >= 0.3 is 0 Å². The van der Waals surface area contributed by atoms with Gasteiger partial charge in [0.1, 0.15) is 0 Å². The van der Waals surface area contributed by atoms with Crippen LogP contribution in [-0.4, -0.2) is 4.92 Å². The zero-order valence-corrected chi connectivity index (χ0v) is 9.09. The molecule has 2 bridgehead atoms. The van der Waals surface area contributed by atoms with E-state index in [9.17, 15) is 10.1 Å². The maximum atomic E-state index is 11.1. The molecule has 0 heterocycles. The van der Waals surface area contributed by atoms with Gasteiger partial charge in [-0.3, -0.25) is 10.1 Å². The van der Waals surface area contributed by atoms with Crippen molar-refractivity contribution < 1.29 is 4.92 Å². The lowest BCUT2D eigenvalue weighted by Gasteiger charge is -2.03. The summed E-state index contributed by atoms with van der Waals surface area (Å²) < 4.78 is 0. The maximum absolute atomic E-state index is 11.1. The Morgan fingerprint density at radius 1 is 1.35 bits per heavy atom. The summed E-state index contributed by atoms with van der Waals surface area (Å²) in [5.74, 6) is 0. The second-order valence-electron chi connectivity index (χ2n) is 3.79. The van der Waals surface area contributed by atoms with Crippen molar-refractivity contribution in [3.8, 4) is 6.07 Å². The highest BCUT2D eigenvalue weighted by Gasteiger charge is 2.24. The summed E-state index contributed by atoms with van der Waals surface area (Å²) in [4.78, 5) is 10.7. The van der Waals surface area contributed by atoms with E-state index < -0.39 is 4.92 Å². The lowest BCUT2D eigenvalue weighted by atomic mass is 10.0. The summed E-state index contributed by atoms with van der Waals surface area (Å²) in [6.07, 6.45) is 11.4. The number of fused-ring (bicyclic) bond motifs is 2. The van der Waals surface area contributed by atoms with E-state index in [1.165, 1.54) is 0 Å². The Balaban J connectivity index is 2.60. The van der Waals surface area contributed by atoms with E-state index in [2.05, 4.69) is 0 Å². The van der Waals surface area contributed by atoms with E-state index >= 15 is 0 Å². The van der Waals surface area contributed by atoms with Gasteiger partial charge in [-0.15, -0.1) is 0 Å². The first kappa shape index (κ1) is 11.1. The molecule has 84 valence electrons. The number of nitrogens with zero attached hydrogens (tertiary/aromatic N) is 2. The average Bonchev–Trinajstić information content (AvgIpc) is 2.60. The Morgan fingerprint density at radius 3 is 2.82 bits per heavy atom. The van der Waals surface area contributed by atoms with Crippen LogP contribution in [0.4, 0.5) is 0 Å². The van der Waals surface area contributed by atoms with Crippen LogP contribution in [0.15, 0.2) is 58.9 Å². The van der Waals surface area contributed by atoms with Crippen LogP contribution in [0.1, 0.15) is 12.8 Å². The fourth-order valence-electron chi connectivity index (χ4n) is 1.92. The zero-order chi connectivity index (χ0) is 12.3. The molecule has 0 saturated heterocycles. The molecule has 0 aliphatic heterocycles. The third kappa shape index (κ3) is 2.23. The fourth-order valence-corrected chi connectivity index (χ4v) is 1.92. The van der Waals surface area contributed by atoms with E-state index in [0.29, 0.717) is 17.6 Å². The molecule has 0 aromatic carbocycles. The highest BCUT2D eigenvalue weighted by molar-refractivity contribution is 5.49. The first-order chi connectivity index (χ1) is 8.22. The van der Waals surface area contributed by atoms with Gasteiger partial charge in [-0.25, -0.2) is 0 Å². The minimum absolute atomic E-state index is 0.0567. The molecule has 0 unspecified atom stereocenters. The molecule has 0 saturated carbocycles. The average molecular weight is 226 g/mol. The first-order valence-corrected chi connectivity index (χ1v) is 5.21. The number of hydrogen-bond donors (Lipinski definition) is 0. The van der Waals surface area contributed by atoms with E-state index in [1.54, 1.807) is 18.2 Å². The number of nitriles is 1. The van der Waals surface area contributed by atoms with Gasteiger partial charge in [0, 0.05) is 17.6 Å². The highest BCUT2D eigenvalue weighted by Crippen LogP contribution is 2.30. The molecule has 17 heavy (non-hydrogen) atoms. The van der Waals surface area contributed by atoms with Gasteiger partial charge in [-0.1, -0.05) is 36.5 Å². The van der Waals surface area contributed by atoms with Crippen molar-refractivity contribution in [2.24, 2.45) is 0 Å². The SMILES string of the molecule is N#CCC1=C([N+](=O)[O-])C2=CC=CC=C(C=C1)C2. The number of allylic oxidation sites excluding steroid dienone is 9. The van der Waals surface area contributed by atoms with Gasteiger partial charge in [0.05, 0.1) is 17.4 Å². The molecule has 2 aliphatic rings. The van der Waals surface area contributed by atoms with Crippen molar-refractivity contribution in [2.75, 3.05) is 0 Å². The van der Waals surface area contributed by atoms with Gasteiger partial charge in [0.25, 0.3) is 5.70 Å². The standard InChI is InChI=1S/C13H10N2O2/c14-8-7-11-6-5-10-3-1-2-4-12(9-10)13(11)15(16)17/h1-6H,7,9H2. The lowest BCUT2D eigenvalue weighted by molar-refractivity contribution is -0.421. The number of hydrogen-bond acceptors (Lipinski definition) is 3. The summed E-state index contributed by atoms with van der Waals surface area (Å²) in [5.41, 5.74) is 2.21. The molecule has 4 nitrogen and oxygen atoms in total. The summed E-state index contributed by atoms with van der Waals surface area (Å²) in [6.45, 7) is 0. The highest BCUT2D eigenvalue weighted by atomic mass is 16.6. The smallest absolute Gasteiger partial charge is 0.258 e. The summed E-state index contributed by atoms with van der Waals surface area (Å²) in [5, 5.41) is 19.8. The summed E-state index contributed by atoms with van der Waals surface area (Å²) in [7, 11) is 0. The van der Waals surface area contributed by atoms with Crippen molar-refractivity contribution >= 4 is 0 Å². The predicted molar refractivity (Wildman–Crippen MR) is 63.3 cm³/mol. The molecular weight excluding hydrogens is 216 g/mol. The normalized spacial score (nSPS) is 17.8. The third-order valence-corrected chi connectivity index (χ3v) is 2.67. The van der Waals surface area contributed by atoms with E-state index in [4.69, 9.17) is 5.26 Å². The van der Waals surface area contributed by atoms with Crippen molar-refractivity contribution in [2.45, 2.75) is 12.8 Å². The molecule has 2 aliphatic carbocycles. The van der Waals surface area contributed by atoms with Crippen LogP contribution in [0.3, 0.4) is 0 Å². The largest absolute Gasteiger partial charge is 0.277 e. The quantitative estimate of drug-likeness (QED) is 0.537. The van der Waals surface area contributed by atoms with Crippen molar-refractivity contribution in [3.63, 3.8) is 0 Å². The Bertz CT molecular complexity index is 554. The fraction of sp³-hybridized carbons (Fsp3) is 0.154.